The average molecular weight is 499 g/mol. The predicted octanol–water partition coefficient (Wildman–Crippen LogP) is 4.54. The van der Waals surface area contributed by atoms with Crippen LogP contribution in [0.15, 0.2) is 29.2 Å². The van der Waals surface area contributed by atoms with Gasteiger partial charge in [-0.15, -0.1) is 0 Å². The maximum Gasteiger partial charge on any atom is 0.337 e. The van der Waals surface area contributed by atoms with Crippen molar-refractivity contribution in [1.82, 2.24) is 10.2 Å². The van der Waals surface area contributed by atoms with Gasteiger partial charge in [0.15, 0.2) is 0 Å². The Hall–Kier alpha value is -2.19. The van der Waals surface area contributed by atoms with Gasteiger partial charge in [0.2, 0.25) is 5.91 Å². The summed E-state index contributed by atoms with van der Waals surface area (Å²) in [7, 11) is 1.34. The average Bonchev–Trinajstić information content (AvgIpc) is 3.05. The van der Waals surface area contributed by atoms with Gasteiger partial charge in [-0.3, -0.25) is 14.5 Å². The van der Waals surface area contributed by atoms with E-state index in [1.54, 1.807) is 35.2 Å². The first-order valence-electron chi connectivity index (χ1n) is 12.1. The Morgan fingerprint density at radius 1 is 1.15 bits per heavy atom. The minimum atomic E-state index is -0.398. The summed E-state index contributed by atoms with van der Waals surface area (Å²) in [5.41, 5.74) is 1.29. The minimum absolute atomic E-state index is 0.0276. The van der Waals surface area contributed by atoms with Crippen LogP contribution in [0, 0.1) is 17.8 Å². The molecule has 1 saturated heterocycles. The molecule has 5 fully saturated rings. The van der Waals surface area contributed by atoms with E-state index in [1.165, 1.54) is 38.1 Å². The Kier molecular flexibility index (Phi) is 6.55. The Bertz CT molecular complexity index is 1010. The third kappa shape index (κ3) is 4.80. The van der Waals surface area contributed by atoms with Crippen LogP contribution in [0.25, 0.3) is 6.08 Å². The highest BCUT2D eigenvalue weighted by Gasteiger charge is 2.51. The molecule has 0 spiro atoms. The zero-order chi connectivity index (χ0) is 23.9. The molecule has 180 valence electrons. The quantitative estimate of drug-likeness (QED) is 0.338. The molecule has 0 atom stereocenters. The van der Waals surface area contributed by atoms with E-state index in [0.29, 0.717) is 34.2 Å². The first-order valence-corrected chi connectivity index (χ1v) is 13.3. The van der Waals surface area contributed by atoms with Gasteiger partial charge >= 0.3 is 5.97 Å². The molecule has 1 aromatic carbocycles. The lowest BCUT2D eigenvalue weighted by Crippen LogP contribution is -2.59. The normalized spacial score (nSPS) is 30.8. The molecule has 2 amide bonds. The van der Waals surface area contributed by atoms with Crippen LogP contribution in [-0.2, 0) is 14.3 Å². The summed E-state index contributed by atoms with van der Waals surface area (Å²) in [5, 5.41) is 3.41. The third-order valence-electron chi connectivity index (χ3n) is 7.73. The van der Waals surface area contributed by atoms with Gasteiger partial charge in [0.1, 0.15) is 4.32 Å². The molecule has 1 aliphatic heterocycles. The number of ether oxygens (including phenoxy) is 1. The first-order chi connectivity index (χ1) is 16.3. The second-order valence-corrected chi connectivity index (χ2v) is 12.0. The van der Waals surface area contributed by atoms with Crippen molar-refractivity contribution in [2.75, 3.05) is 13.7 Å². The number of methoxy groups -OCH3 is 1. The Labute approximate surface area is 209 Å². The van der Waals surface area contributed by atoms with Crippen LogP contribution in [0.5, 0.6) is 0 Å². The summed E-state index contributed by atoms with van der Waals surface area (Å²) in [4.78, 5) is 39.4. The van der Waals surface area contributed by atoms with Crippen molar-refractivity contribution in [3.63, 3.8) is 0 Å². The van der Waals surface area contributed by atoms with E-state index < -0.39 is 5.97 Å². The molecule has 6 rings (SSSR count). The fourth-order valence-electron chi connectivity index (χ4n) is 6.70. The van der Waals surface area contributed by atoms with E-state index in [1.807, 2.05) is 0 Å². The molecule has 1 N–H and O–H groups in total. The van der Waals surface area contributed by atoms with Gasteiger partial charge in [-0.25, -0.2) is 4.79 Å². The largest absolute Gasteiger partial charge is 0.465 e. The molecule has 1 aromatic rings. The van der Waals surface area contributed by atoms with E-state index in [0.717, 1.165) is 42.6 Å². The summed E-state index contributed by atoms with van der Waals surface area (Å²) < 4.78 is 5.23. The number of hydrogen-bond donors (Lipinski definition) is 1. The lowest BCUT2D eigenvalue weighted by Gasteiger charge is -2.56. The highest BCUT2D eigenvalue weighted by Crippen LogP contribution is 2.55. The highest BCUT2D eigenvalue weighted by molar-refractivity contribution is 8.26. The molecular formula is C26H30N2O4S2. The van der Waals surface area contributed by atoms with Crippen molar-refractivity contribution in [2.45, 2.75) is 56.9 Å². The van der Waals surface area contributed by atoms with Crippen molar-refractivity contribution in [1.29, 1.82) is 0 Å². The standard InChI is InChI=1S/C26H30N2O4S2/c1-32-24(31)20-6-4-16(5-7-20)12-21-23(30)28(25(33)34-21)8-2-3-22(29)27-26-13-17-9-18(14-26)11-19(10-17)15-26/h4-7,12,17-19H,2-3,8-11,13-15H2,1H3,(H,27,29)/b21-12-. The Morgan fingerprint density at radius 2 is 1.76 bits per heavy atom. The number of thioether (sulfide) groups is 1. The number of esters is 1. The summed E-state index contributed by atoms with van der Waals surface area (Å²) in [6.45, 7) is 0.442. The lowest BCUT2D eigenvalue weighted by atomic mass is 9.53. The molecule has 0 aromatic heterocycles. The Balaban J connectivity index is 1.13. The Morgan fingerprint density at radius 3 is 2.35 bits per heavy atom. The van der Waals surface area contributed by atoms with Gasteiger partial charge in [0.05, 0.1) is 17.6 Å². The number of thiocarbonyl (C=S) groups is 1. The summed E-state index contributed by atoms with van der Waals surface area (Å²) in [6.07, 6.45) is 10.3. The molecule has 34 heavy (non-hydrogen) atoms. The van der Waals surface area contributed by atoms with Crippen molar-refractivity contribution in [2.24, 2.45) is 17.8 Å². The van der Waals surface area contributed by atoms with Crippen LogP contribution >= 0.6 is 24.0 Å². The van der Waals surface area contributed by atoms with Gasteiger partial charge in [-0.05, 0) is 86.5 Å². The second kappa shape index (κ2) is 9.46. The van der Waals surface area contributed by atoms with Crippen LogP contribution in [0.3, 0.4) is 0 Å². The number of nitrogens with one attached hydrogen (secondary N) is 1. The van der Waals surface area contributed by atoms with Crippen LogP contribution in [0.4, 0.5) is 0 Å². The number of amides is 2. The van der Waals surface area contributed by atoms with Crippen molar-refractivity contribution < 1.29 is 19.1 Å². The number of benzene rings is 1. The van der Waals surface area contributed by atoms with Crippen LogP contribution in [0.1, 0.15) is 67.3 Å². The highest BCUT2D eigenvalue weighted by atomic mass is 32.2. The molecule has 4 bridgehead atoms. The summed E-state index contributed by atoms with van der Waals surface area (Å²) in [5.74, 6) is 1.97. The SMILES string of the molecule is COC(=O)c1ccc(/C=C2\SC(=S)N(CCCC(=O)NC34CC5CC(CC(C5)C3)C4)C2=O)cc1. The number of carbonyl (C=O) groups excluding carboxylic acids is 3. The van der Waals surface area contributed by atoms with E-state index in [-0.39, 0.29) is 17.4 Å². The van der Waals surface area contributed by atoms with Gasteiger partial charge in [0, 0.05) is 18.5 Å². The van der Waals surface area contributed by atoms with E-state index in [4.69, 9.17) is 17.0 Å². The topological polar surface area (TPSA) is 75.7 Å². The number of rotatable bonds is 7. The fraction of sp³-hybridized carbons (Fsp3) is 0.538. The number of carbonyl (C=O) groups is 3. The van der Waals surface area contributed by atoms with E-state index in [9.17, 15) is 14.4 Å². The van der Waals surface area contributed by atoms with Crippen LogP contribution < -0.4 is 5.32 Å². The van der Waals surface area contributed by atoms with Crippen molar-refractivity contribution >= 4 is 52.2 Å². The maximum atomic E-state index is 12.9. The second-order valence-electron chi connectivity index (χ2n) is 10.3. The van der Waals surface area contributed by atoms with Gasteiger partial charge in [0.25, 0.3) is 5.91 Å². The zero-order valence-corrected chi connectivity index (χ0v) is 21.0. The molecule has 5 aliphatic rings. The van der Waals surface area contributed by atoms with Gasteiger partial charge in [-0.2, -0.15) is 0 Å². The van der Waals surface area contributed by atoms with Crippen molar-refractivity contribution in [3.05, 3.63) is 40.3 Å². The molecule has 6 nitrogen and oxygen atoms in total. The van der Waals surface area contributed by atoms with Gasteiger partial charge < -0.3 is 10.1 Å². The summed E-state index contributed by atoms with van der Waals surface area (Å²) in [6, 6.07) is 6.88. The smallest absolute Gasteiger partial charge is 0.337 e. The molecule has 8 heteroatoms. The zero-order valence-electron chi connectivity index (χ0n) is 19.4. The molecule has 0 unspecified atom stereocenters. The monoisotopic (exact) mass is 498 g/mol. The van der Waals surface area contributed by atoms with E-state index in [2.05, 4.69) is 5.32 Å². The third-order valence-corrected chi connectivity index (χ3v) is 9.11. The first kappa shape index (κ1) is 23.5. The number of hydrogen-bond acceptors (Lipinski definition) is 6. The van der Waals surface area contributed by atoms with Crippen molar-refractivity contribution in [3.8, 4) is 0 Å². The maximum absolute atomic E-state index is 12.9. The number of nitrogens with zero attached hydrogens (tertiary/aromatic N) is 1. The van der Waals surface area contributed by atoms with Crippen LogP contribution in [-0.4, -0.2) is 46.2 Å². The lowest BCUT2D eigenvalue weighted by molar-refractivity contribution is -0.127. The predicted molar refractivity (Wildman–Crippen MR) is 136 cm³/mol. The molecule has 1 heterocycles. The minimum Gasteiger partial charge on any atom is -0.465 e. The molecule has 4 saturated carbocycles. The molecule has 0 radical (unpaired) electrons. The summed E-state index contributed by atoms with van der Waals surface area (Å²) >= 11 is 6.70. The molecule has 4 aliphatic carbocycles. The van der Waals surface area contributed by atoms with Crippen LogP contribution in [0.2, 0.25) is 0 Å². The van der Waals surface area contributed by atoms with Gasteiger partial charge in [-0.1, -0.05) is 36.1 Å². The fourth-order valence-corrected chi connectivity index (χ4v) is 8.01. The van der Waals surface area contributed by atoms with E-state index >= 15 is 0 Å². The molecular weight excluding hydrogens is 468 g/mol.